The highest BCUT2D eigenvalue weighted by atomic mass is 32.2. The zero-order valence-corrected chi connectivity index (χ0v) is 18.2. The van der Waals surface area contributed by atoms with Gasteiger partial charge in [0.15, 0.2) is 11.5 Å². The molecule has 1 aliphatic heterocycles. The zero-order chi connectivity index (χ0) is 21.2. The lowest BCUT2D eigenvalue weighted by molar-refractivity contribution is 0.272. The largest absolute Gasteiger partial charge is 0.493 e. The molecule has 0 amide bonds. The minimum atomic E-state index is -3.78. The average molecular weight is 441 g/mol. The highest BCUT2D eigenvalue weighted by molar-refractivity contribution is 7.89. The van der Waals surface area contributed by atoms with Gasteiger partial charge in [-0.05, 0) is 31.2 Å². The van der Waals surface area contributed by atoms with Crippen molar-refractivity contribution in [3.05, 3.63) is 48.0 Å². The van der Waals surface area contributed by atoms with Crippen molar-refractivity contribution in [1.29, 1.82) is 0 Å². The summed E-state index contributed by atoms with van der Waals surface area (Å²) in [5.41, 5.74) is 0.967. The van der Waals surface area contributed by atoms with Gasteiger partial charge in [0.2, 0.25) is 20.0 Å². The van der Waals surface area contributed by atoms with Crippen LogP contribution in [0.4, 0.5) is 0 Å². The fourth-order valence-corrected chi connectivity index (χ4v) is 6.00. The van der Waals surface area contributed by atoms with Crippen molar-refractivity contribution in [2.75, 3.05) is 40.4 Å². The third-order valence-electron chi connectivity index (χ3n) is 4.85. The summed E-state index contributed by atoms with van der Waals surface area (Å²) >= 11 is 0. The number of hydrogen-bond donors (Lipinski definition) is 0. The Bertz CT molecular complexity index is 1070. The second-order valence-electron chi connectivity index (χ2n) is 6.64. The third-order valence-corrected chi connectivity index (χ3v) is 8.66. The van der Waals surface area contributed by atoms with E-state index in [0.29, 0.717) is 11.5 Å². The van der Waals surface area contributed by atoms with Crippen LogP contribution < -0.4 is 9.47 Å². The molecule has 29 heavy (non-hydrogen) atoms. The Morgan fingerprint density at radius 2 is 1.14 bits per heavy atom. The molecule has 1 heterocycles. The number of ether oxygens (including phenoxy) is 2. The summed E-state index contributed by atoms with van der Waals surface area (Å²) in [6.45, 7) is 2.20. The Labute approximate surface area is 171 Å². The van der Waals surface area contributed by atoms with Gasteiger partial charge in [-0.15, -0.1) is 0 Å². The molecule has 158 valence electrons. The van der Waals surface area contributed by atoms with Gasteiger partial charge in [-0.3, -0.25) is 0 Å². The predicted octanol–water partition coefficient (Wildman–Crippen LogP) is 1.71. The van der Waals surface area contributed by atoms with Gasteiger partial charge in [0.05, 0.1) is 24.0 Å². The lowest BCUT2D eigenvalue weighted by Crippen LogP contribution is -2.50. The monoisotopic (exact) mass is 440 g/mol. The summed E-state index contributed by atoms with van der Waals surface area (Å²) in [6.07, 6.45) is 0. The first-order valence-corrected chi connectivity index (χ1v) is 11.9. The molecule has 3 rings (SSSR count). The molecule has 0 aliphatic carbocycles. The summed E-state index contributed by atoms with van der Waals surface area (Å²) in [4.78, 5) is 0.282. The second-order valence-corrected chi connectivity index (χ2v) is 10.5. The van der Waals surface area contributed by atoms with Crippen LogP contribution in [0.2, 0.25) is 0 Å². The number of hydrogen-bond acceptors (Lipinski definition) is 6. The molecule has 0 unspecified atom stereocenters. The molecule has 0 saturated carbocycles. The Morgan fingerprint density at radius 1 is 0.690 bits per heavy atom. The Kier molecular flexibility index (Phi) is 6.18. The van der Waals surface area contributed by atoms with Crippen molar-refractivity contribution in [2.45, 2.75) is 16.7 Å². The van der Waals surface area contributed by atoms with Gasteiger partial charge < -0.3 is 9.47 Å². The number of aryl methyl sites for hydroxylation is 1. The molecule has 0 radical (unpaired) electrons. The Hall–Kier alpha value is -2.14. The van der Waals surface area contributed by atoms with Crippen LogP contribution in [0.15, 0.2) is 52.3 Å². The van der Waals surface area contributed by atoms with Gasteiger partial charge in [-0.2, -0.15) is 8.61 Å². The molecule has 2 aromatic carbocycles. The maximum Gasteiger partial charge on any atom is 0.243 e. The molecule has 1 aliphatic rings. The molecular weight excluding hydrogens is 416 g/mol. The van der Waals surface area contributed by atoms with E-state index in [1.807, 2.05) is 6.92 Å². The molecule has 0 atom stereocenters. The maximum atomic E-state index is 13.0. The van der Waals surface area contributed by atoms with Crippen LogP contribution in [0.25, 0.3) is 0 Å². The van der Waals surface area contributed by atoms with Gasteiger partial charge in [0.1, 0.15) is 0 Å². The maximum absolute atomic E-state index is 13.0. The normalized spacial score (nSPS) is 16.5. The lowest BCUT2D eigenvalue weighted by atomic mass is 10.2. The van der Waals surface area contributed by atoms with Crippen LogP contribution in [-0.4, -0.2) is 65.8 Å². The van der Waals surface area contributed by atoms with Crippen LogP contribution >= 0.6 is 0 Å². The van der Waals surface area contributed by atoms with E-state index in [-0.39, 0.29) is 36.0 Å². The fraction of sp³-hybridized carbons (Fsp3) is 0.368. The van der Waals surface area contributed by atoms with E-state index < -0.39 is 20.0 Å². The van der Waals surface area contributed by atoms with Crippen LogP contribution in [0, 0.1) is 6.92 Å². The molecule has 10 heteroatoms. The van der Waals surface area contributed by atoms with Gasteiger partial charge in [-0.1, -0.05) is 17.7 Å². The molecular formula is C19H24N2O6S2. The van der Waals surface area contributed by atoms with E-state index in [2.05, 4.69) is 0 Å². The van der Waals surface area contributed by atoms with E-state index in [9.17, 15) is 16.8 Å². The number of nitrogens with zero attached hydrogens (tertiary/aromatic N) is 2. The molecule has 0 bridgehead atoms. The van der Waals surface area contributed by atoms with E-state index in [4.69, 9.17) is 9.47 Å². The van der Waals surface area contributed by atoms with Crippen molar-refractivity contribution < 1.29 is 26.3 Å². The van der Waals surface area contributed by atoms with Gasteiger partial charge in [-0.25, -0.2) is 16.8 Å². The van der Waals surface area contributed by atoms with Crippen molar-refractivity contribution in [1.82, 2.24) is 8.61 Å². The molecule has 0 aromatic heterocycles. The van der Waals surface area contributed by atoms with Crippen LogP contribution in [-0.2, 0) is 20.0 Å². The summed E-state index contributed by atoms with van der Waals surface area (Å²) in [6, 6.07) is 11.0. The quantitative estimate of drug-likeness (QED) is 0.679. The fourth-order valence-electron chi connectivity index (χ4n) is 3.14. The topological polar surface area (TPSA) is 93.2 Å². The number of methoxy groups -OCH3 is 2. The predicted molar refractivity (Wildman–Crippen MR) is 108 cm³/mol. The van der Waals surface area contributed by atoms with Gasteiger partial charge in [0, 0.05) is 32.2 Å². The highest BCUT2D eigenvalue weighted by Gasteiger charge is 2.34. The van der Waals surface area contributed by atoms with Crippen LogP contribution in [0.3, 0.4) is 0 Å². The minimum Gasteiger partial charge on any atom is -0.493 e. The van der Waals surface area contributed by atoms with Gasteiger partial charge in [0.25, 0.3) is 0 Å². The van der Waals surface area contributed by atoms with Crippen molar-refractivity contribution in [3.63, 3.8) is 0 Å². The smallest absolute Gasteiger partial charge is 0.243 e. The Balaban J connectivity index is 1.77. The summed E-state index contributed by atoms with van der Waals surface area (Å²) in [5, 5.41) is 0. The first kappa shape index (κ1) is 21.6. The standard InChI is InChI=1S/C19H24N2O6S2/c1-15-4-6-16(7-5-15)28(22,23)20-10-12-21(13-11-20)29(24,25)17-8-9-18(26-2)19(14-17)27-3/h4-9,14H,10-13H2,1-3H3. The summed E-state index contributed by atoms with van der Waals surface area (Å²) in [5.74, 6) is 0.745. The highest BCUT2D eigenvalue weighted by Crippen LogP contribution is 2.31. The third kappa shape index (κ3) is 4.25. The zero-order valence-electron chi connectivity index (χ0n) is 16.5. The van der Waals surface area contributed by atoms with Crippen molar-refractivity contribution in [3.8, 4) is 11.5 Å². The van der Waals surface area contributed by atoms with Crippen LogP contribution in [0.1, 0.15) is 5.56 Å². The molecule has 2 aromatic rings. The second kappa shape index (κ2) is 8.31. The first-order chi connectivity index (χ1) is 13.7. The number of piperazine rings is 1. The van der Waals surface area contributed by atoms with Crippen LogP contribution in [0.5, 0.6) is 11.5 Å². The lowest BCUT2D eigenvalue weighted by Gasteiger charge is -2.33. The molecule has 1 fully saturated rings. The van der Waals surface area contributed by atoms with E-state index >= 15 is 0 Å². The number of benzene rings is 2. The van der Waals surface area contributed by atoms with E-state index in [0.717, 1.165) is 5.56 Å². The molecule has 0 N–H and O–H groups in total. The van der Waals surface area contributed by atoms with Gasteiger partial charge >= 0.3 is 0 Å². The molecule has 8 nitrogen and oxygen atoms in total. The van der Waals surface area contributed by atoms with E-state index in [1.54, 1.807) is 24.3 Å². The molecule has 0 spiro atoms. The average Bonchev–Trinajstić information content (AvgIpc) is 2.73. The summed E-state index contributed by atoms with van der Waals surface area (Å²) in [7, 11) is -4.53. The SMILES string of the molecule is COc1ccc(S(=O)(=O)N2CCN(S(=O)(=O)c3ccc(C)cc3)CC2)cc1OC. The van der Waals surface area contributed by atoms with E-state index in [1.165, 1.54) is 41.0 Å². The Morgan fingerprint density at radius 3 is 1.62 bits per heavy atom. The number of sulfonamides is 2. The number of rotatable bonds is 6. The van der Waals surface area contributed by atoms with Crippen molar-refractivity contribution in [2.24, 2.45) is 0 Å². The minimum absolute atomic E-state index is 0.0712. The first-order valence-electron chi connectivity index (χ1n) is 8.99. The van der Waals surface area contributed by atoms with Crippen molar-refractivity contribution >= 4 is 20.0 Å². The summed E-state index contributed by atoms with van der Waals surface area (Å²) < 4.78 is 64.5. The molecule has 1 saturated heterocycles.